The Morgan fingerprint density at radius 2 is 1.92 bits per heavy atom. The van der Waals surface area contributed by atoms with E-state index in [-0.39, 0.29) is 5.57 Å². The lowest BCUT2D eigenvalue weighted by Gasteiger charge is -2.13. The molecule has 1 atom stereocenters. The summed E-state index contributed by atoms with van der Waals surface area (Å²) in [6.07, 6.45) is 1.90. The minimum atomic E-state index is -1.84. The Bertz CT molecular complexity index is 1530. The second-order valence-electron chi connectivity index (χ2n) is 7.75. The Kier molecular flexibility index (Phi) is 7.90. The summed E-state index contributed by atoms with van der Waals surface area (Å²) in [5.41, 5.74) is 8.50. The second-order valence-corrected chi connectivity index (χ2v) is 9.71. The first-order chi connectivity index (χ1) is 17.3. The number of carbonyl (C=O) groups is 1. The van der Waals surface area contributed by atoms with E-state index in [0.29, 0.717) is 49.4 Å². The topological polar surface area (TPSA) is 120 Å². The van der Waals surface area contributed by atoms with Crippen molar-refractivity contribution in [1.29, 1.82) is 0 Å². The van der Waals surface area contributed by atoms with Crippen LogP contribution in [0.1, 0.15) is 18.9 Å². The van der Waals surface area contributed by atoms with Crippen LogP contribution >= 0.6 is 15.9 Å². The van der Waals surface area contributed by atoms with E-state index in [9.17, 15) is 9.00 Å². The molecule has 5 N–H and O–H groups in total. The molecule has 4 aromatic rings. The third-order valence-electron chi connectivity index (χ3n) is 5.65. The van der Waals surface area contributed by atoms with Gasteiger partial charge in [0.25, 0.3) is 5.91 Å². The number of nitrogen functional groups attached to an aromatic ring is 1. The monoisotopic (exact) mass is 568 g/mol. The Labute approximate surface area is 218 Å². The van der Waals surface area contributed by atoms with Crippen LogP contribution in [-0.2, 0) is 20.2 Å². The van der Waals surface area contributed by atoms with Crippen LogP contribution in [-0.4, -0.2) is 15.1 Å². The van der Waals surface area contributed by atoms with Crippen LogP contribution in [0.2, 0.25) is 0 Å². The van der Waals surface area contributed by atoms with Crippen molar-refractivity contribution in [3.63, 3.8) is 0 Å². The third kappa shape index (κ3) is 5.21. The minimum Gasteiger partial charge on any atom is -0.383 e. The number of anilines is 2. The highest BCUT2D eigenvalue weighted by molar-refractivity contribution is 9.10. The molecule has 1 unspecified atom stereocenters. The summed E-state index contributed by atoms with van der Waals surface area (Å²) in [4.78, 5) is 17.3. The van der Waals surface area contributed by atoms with Gasteiger partial charge in [-0.15, -0.1) is 0 Å². The number of fused-ring (bicyclic) bond motifs is 1. The molecule has 0 saturated heterocycles. The largest absolute Gasteiger partial charge is 0.383 e. The average Bonchev–Trinajstić information content (AvgIpc) is 2.90. The highest BCUT2D eigenvalue weighted by Crippen LogP contribution is 2.33. The lowest BCUT2D eigenvalue weighted by atomic mass is 9.99. The van der Waals surface area contributed by atoms with Gasteiger partial charge in [-0.05, 0) is 69.2 Å². The third-order valence-corrected chi connectivity index (χ3v) is 7.19. The standard InChI is InChI=1S/C26H22BrFN4O3S/c1-2-18(16-8-7-15-11-12-31-25(29)20(15)13-16)24(28)26(33)32-22-10-9-17(14-21(22)27)19-5-3-4-6-23(19)36(34)35-30/h3-14H,2,30H2,1H3,(H2,29,31)(H,32,33)/b24-18+. The van der Waals surface area contributed by atoms with Crippen LogP contribution in [0.5, 0.6) is 0 Å². The summed E-state index contributed by atoms with van der Waals surface area (Å²) in [6, 6.07) is 19.1. The molecule has 0 radical (unpaired) electrons. The highest BCUT2D eigenvalue weighted by atomic mass is 79.9. The summed E-state index contributed by atoms with van der Waals surface area (Å²) < 4.78 is 32.4. The molecular weight excluding hydrogens is 547 g/mol. The molecule has 1 aromatic heterocycles. The average molecular weight is 569 g/mol. The molecule has 4 rings (SSSR count). The number of allylic oxidation sites excluding steroid dienone is 1. The van der Waals surface area contributed by atoms with Crippen LogP contribution in [0, 0.1) is 0 Å². The zero-order chi connectivity index (χ0) is 25.8. The normalized spacial score (nSPS) is 12.8. The Morgan fingerprint density at radius 1 is 1.14 bits per heavy atom. The predicted octanol–water partition coefficient (Wildman–Crippen LogP) is 5.89. The molecule has 0 bridgehead atoms. The molecular formula is C26H22BrFN4O3S. The first-order valence-electron chi connectivity index (χ1n) is 10.9. The van der Waals surface area contributed by atoms with Gasteiger partial charge in [-0.25, -0.2) is 13.6 Å². The number of hydrogen-bond donors (Lipinski definition) is 3. The first-order valence-corrected chi connectivity index (χ1v) is 12.7. The van der Waals surface area contributed by atoms with Gasteiger partial charge < -0.3 is 11.1 Å². The van der Waals surface area contributed by atoms with Crippen LogP contribution in [0.3, 0.4) is 0 Å². The van der Waals surface area contributed by atoms with Crippen molar-refractivity contribution in [1.82, 2.24) is 4.98 Å². The van der Waals surface area contributed by atoms with E-state index in [4.69, 9.17) is 11.6 Å². The summed E-state index contributed by atoms with van der Waals surface area (Å²) in [5, 5.41) is 4.17. The Balaban J connectivity index is 1.63. The fourth-order valence-electron chi connectivity index (χ4n) is 3.87. The zero-order valence-corrected chi connectivity index (χ0v) is 21.5. The fraction of sp³-hybridized carbons (Fsp3) is 0.0769. The molecule has 0 aliphatic rings. The molecule has 36 heavy (non-hydrogen) atoms. The number of nitrogens with zero attached hydrogens (tertiary/aromatic N) is 1. The maximum absolute atomic E-state index is 15.3. The van der Waals surface area contributed by atoms with Crippen LogP contribution in [0.4, 0.5) is 15.9 Å². The summed E-state index contributed by atoms with van der Waals surface area (Å²) in [6.45, 7) is 1.77. The van der Waals surface area contributed by atoms with E-state index < -0.39 is 22.8 Å². The molecule has 0 fully saturated rings. The SMILES string of the molecule is CC/C(=C(\F)C(=O)Nc1ccc(-c2ccccc2S(=O)ON)cc1Br)c1ccc2ccnc(N)c2c1. The number of rotatable bonds is 7. The number of benzene rings is 3. The summed E-state index contributed by atoms with van der Waals surface area (Å²) in [5.74, 6) is 3.66. The van der Waals surface area contributed by atoms with Gasteiger partial charge in [0, 0.05) is 27.2 Å². The van der Waals surface area contributed by atoms with E-state index >= 15 is 4.39 Å². The van der Waals surface area contributed by atoms with E-state index in [0.717, 1.165) is 5.39 Å². The molecule has 1 heterocycles. The smallest absolute Gasteiger partial charge is 0.284 e. The van der Waals surface area contributed by atoms with E-state index in [1.165, 1.54) is 0 Å². The number of nitrogens with one attached hydrogen (secondary N) is 1. The number of hydrogen-bond acceptors (Lipinski definition) is 6. The minimum absolute atomic E-state index is 0.253. The maximum Gasteiger partial charge on any atom is 0.284 e. The van der Waals surface area contributed by atoms with E-state index in [1.54, 1.807) is 67.7 Å². The Morgan fingerprint density at radius 3 is 2.64 bits per heavy atom. The number of nitrogens with two attached hydrogens (primary N) is 2. The first kappa shape index (κ1) is 25.6. The second kappa shape index (κ2) is 11.1. The quantitative estimate of drug-likeness (QED) is 0.189. The number of pyridine rings is 1. The van der Waals surface area contributed by atoms with Crippen LogP contribution in [0.15, 0.2) is 88.1 Å². The van der Waals surface area contributed by atoms with Crippen molar-refractivity contribution >= 4 is 60.8 Å². The van der Waals surface area contributed by atoms with Crippen LogP contribution in [0.25, 0.3) is 27.5 Å². The molecule has 0 spiro atoms. The van der Waals surface area contributed by atoms with E-state index in [1.807, 2.05) is 12.1 Å². The Hall–Kier alpha value is -3.44. The molecule has 10 heteroatoms. The van der Waals surface area contributed by atoms with Gasteiger partial charge in [-0.2, -0.15) is 10.2 Å². The molecule has 0 saturated carbocycles. The highest BCUT2D eigenvalue weighted by Gasteiger charge is 2.19. The van der Waals surface area contributed by atoms with Crippen LogP contribution < -0.4 is 16.9 Å². The molecule has 0 aliphatic carbocycles. The number of amides is 1. The molecule has 184 valence electrons. The zero-order valence-electron chi connectivity index (χ0n) is 19.1. The van der Waals surface area contributed by atoms with E-state index in [2.05, 4.69) is 30.5 Å². The summed E-state index contributed by atoms with van der Waals surface area (Å²) >= 11 is 1.59. The van der Waals surface area contributed by atoms with Gasteiger partial charge in [0.1, 0.15) is 5.82 Å². The fourth-order valence-corrected chi connectivity index (χ4v) is 5.00. The summed E-state index contributed by atoms with van der Waals surface area (Å²) in [7, 11) is 0. The van der Waals surface area contributed by atoms with Gasteiger partial charge >= 0.3 is 0 Å². The van der Waals surface area contributed by atoms with Crippen molar-refractivity contribution in [3.8, 4) is 11.1 Å². The van der Waals surface area contributed by atoms with Gasteiger partial charge in [-0.3, -0.25) is 4.79 Å². The molecule has 0 aliphatic heterocycles. The maximum atomic E-state index is 15.3. The molecule has 1 amide bonds. The number of carbonyl (C=O) groups excluding carboxylic acids is 1. The predicted molar refractivity (Wildman–Crippen MR) is 144 cm³/mol. The molecule has 3 aromatic carbocycles. The van der Waals surface area contributed by atoms with Gasteiger partial charge in [0.15, 0.2) is 5.83 Å². The number of halogens is 2. The van der Waals surface area contributed by atoms with Gasteiger partial charge in [0.2, 0.25) is 11.1 Å². The van der Waals surface area contributed by atoms with Crippen molar-refractivity contribution in [3.05, 3.63) is 88.8 Å². The van der Waals surface area contributed by atoms with Crippen molar-refractivity contribution in [2.45, 2.75) is 18.2 Å². The van der Waals surface area contributed by atoms with Gasteiger partial charge in [0.05, 0.1) is 10.6 Å². The van der Waals surface area contributed by atoms with Crippen molar-refractivity contribution in [2.75, 3.05) is 11.1 Å². The number of aromatic nitrogens is 1. The van der Waals surface area contributed by atoms with Crippen molar-refractivity contribution in [2.24, 2.45) is 5.90 Å². The van der Waals surface area contributed by atoms with Gasteiger partial charge in [-0.1, -0.05) is 43.3 Å². The lowest BCUT2D eigenvalue weighted by molar-refractivity contribution is -0.114. The molecule has 7 nitrogen and oxygen atoms in total. The van der Waals surface area contributed by atoms with Crippen molar-refractivity contribution < 1.29 is 17.7 Å². The lowest BCUT2D eigenvalue weighted by Crippen LogP contribution is -2.14.